The smallest absolute Gasteiger partial charge is 0.333 e. The molecule has 208 valence electrons. The van der Waals surface area contributed by atoms with Crippen molar-refractivity contribution in [2.45, 2.75) is 78.3 Å². The summed E-state index contributed by atoms with van der Waals surface area (Å²) >= 11 is 0. The van der Waals surface area contributed by atoms with E-state index in [-0.39, 0.29) is 5.57 Å². The van der Waals surface area contributed by atoms with Crippen LogP contribution in [0.1, 0.15) is 76.3 Å². The molecule has 4 amide bonds. The van der Waals surface area contributed by atoms with Gasteiger partial charge < -0.3 is 4.90 Å². The second-order valence-electron chi connectivity index (χ2n) is 10.1. The third-order valence-electron chi connectivity index (χ3n) is 6.90. The summed E-state index contributed by atoms with van der Waals surface area (Å²) in [5.74, 6) is -0.984. The number of carbonyl (C=O) groups is 3. The van der Waals surface area contributed by atoms with E-state index in [1.54, 1.807) is 12.2 Å². The molecule has 1 aliphatic rings. The number of unbranched alkanes of at least 4 members (excludes halogenated alkanes) is 6. The molecule has 0 spiro atoms. The van der Waals surface area contributed by atoms with Crippen LogP contribution in [0.15, 0.2) is 84.6 Å². The Hall–Kier alpha value is -3.67. The summed E-state index contributed by atoms with van der Waals surface area (Å²) in [5, 5.41) is 0. The van der Waals surface area contributed by atoms with Gasteiger partial charge in [-0.1, -0.05) is 113 Å². The normalized spacial score (nSPS) is 14.0. The van der Waals surface area contributed by atoms with E-state index in [0.29, 0.717) is 26.2 Å². The molecule has 2 aromatic carbocycles. The van der Waals surface area contributed by atoms with Crippen LogP contribution in [0.5, 0.6) is 0 Å². The van der Waals surface area contributed by atoms with Gasteiger partial charge in [-0.15, -0.1) is 0 Å². The predicted molar refractivity (Wildman–Crippen MR) is 156 cm³/mol. The van der Waals surface area contributed by atoms with Crippen molar-refractivity contribution < 1.29 is 14.4 Å². The lowest BCUT2D eigenvalue weighted by Gasteiger charge is -2.34. The quantitative estimate of drug-likeness (QED) is 0.132. The van der Waals surface area contributed by atoms with Gasteiger partial charge in [0.2, 0.25) is 0 Å². The van der Waals surface area contributed by atoms with Crippen molar-refractivity contribution in [3.8, 4) is 0 Å². The van der Waals surface area contributed by atoms with Gasteiger partial charge in [0.1, 0.15) is 5.57 Å². The Labute approximate surface area is 234 Å². The van der Waals surface area contributed by atoms with Crippen LogP contribution in [0, 0.1) is 0 Å². The van der Waals surface area contributed by atoms with E-state index in [1.165, 1.54) is 9.80 Å². The number of benzene rings is 2. The fraction of sp³-hybridized carbons (Fsp3) is 0.424. The summed E-state index contributed by atoms with van der Waals surface area (Å²) in [7, 11) is 0. The average Bonchev–Trinajstić information content (AvgIpc) is 2.95. The van der Waals surface area contributed by atoms with Crippen LogP contribution in [0.25, 0.3) is 0 Å². The number of hydrogen-bond donors (Lipinski definition) is 0. The highest BCUT2D eigenvalue weighted by atomic mass is 16.2. The van der Waals surface area contributed by atoms with E-state index in [4.69, 9.17) is 0 Å². The van der Waals surface area contributed by atoms with Gasteiger partial charge in [-0.25, -0.2) is 4.79 Å². The number of hydrogen-bond acceptors (Lipinski definition) is 4. The molecular weight excluding hydrogens is 486 g/mol. The Bertz CT molecular complexity index is 1030. The number of amides is 4. The van der Waals surface area contributed by atoms with E-state index in [0.717, 1.165) is 62.5 Å². The molecule has 0 saturated carbocycles. The zero-order valence-electron chi connectivity index (χ0n) is 23.6. The highest BCUT2D eigenvalue weighted by Crippen LogP contribution is 2.20. The van der Waals surface area contributed by atoms with Crippen molar-refractivity contribution in [3.05, 3.63) is 95.7 Å². The van der Waals surface area contributed by atoms with Gasteiger partial charge in [0.15, 0.2) is 0 Å². The third kappa shape index (κ3) is 9.24. The topological polar surface area (TPSA) is 60.9 Å². The lowest BCUT2D eigenvalue weighted by molar-refractivity contribution is -0.136. The highest BCUT2D eigenvalue weighted by Gasteiger charge is 2.41. The maximum Gasteiger partial charge on any atom is 0.333 e. The van der Waals surface area contributed by atoms with Crippen LogP contribution in [0.2, 0.25) is 0 Å². The van der Waals surface area contributed by atoms with Crippen molar-refractivity contribution in [2.24, 2.45) is 0 Å². The maximum atomic E-state index is 13.3. The minimum atomic E-state index is -0.492. The fourth-order valence-electron chi connectivity index (χ4n) is 4.69. The molecule has 0 radical (unpaired) electrons. The van der Waals surface area contributed by atoms with Crippen molar-refractivity contribution >= 4 is 17.8 Å². The Morgan fingerprint density at radius 3 is 1.54 bits per heavy atom. The first-order valence-electron chi connectivity index (χ1n) is 14.4. The second kappa shape index (κ2) is 16.3. The summed E-state index contributed by atoms with van der Waals surface area (Å²) in [6.07, 6.45) is 12.9. The van der Waals surface area contributed by atoms with E-state index >= 15 is 0 Å². The Morgan fingerprint density at radius 2 is 1.10 bits per heavy atom. The van der Waals surface area contributed by atoms with E-state index in [9.17, 15) is 14.4 Å². The zero-order valence-corrected chi connectivity index (χ0v) is 23.6. The van der Waals surface area contributed by atoms with E-state index in [1.807, 2.05) is 42.6 Å². The van der Waals surface area contributed by atoms with Crippen LogP contribution in [-0.4, -0.2) is 45.6 Å². The molecule has 0 atom stereocenters. The van der Waals surface area contributed by atoms with Gasteiger partial charge in [-0.05, 0) is 42.3 Å². The number of allylic oxidation sites excluding steroid dienone is 2. The van der Waals surface area contributed by atoms with Gasteiger partial charge in [-0.2, -0.15) is 0 Å². The molecular formula is C33H43N3O3. The standard InChI is InChI=1S/C33H43N3O3/c1-3-5-7-15-24-35-31(37)30(32(38)36(33(35)39)25-16-8-6-4-2)22-17-23-34(26-28-18-11-9-12-19-28)27-29-20-13-10-14-21-29/h9-14,17-23H,3-8,15-16,24-27H2,1-2H3/b23-17+. The zero-order chi connectivity index (χ0) is 27.9. The van der Waals surface area contributed by atoms with Gasteiger partial charge in [0.05, 0.1) is 0 Å². The summed E-state index contributed by atoms with van der Waals surface area (Å²) < 4.78 is 0. The molecule has 0 aliphatic carbocycles. The maximum absolute atomic E-state index is 13.3. The minimum absolute atomic E-state index is 0.0520. The van der Waals surface area contributed by atoms with Crippen LogP contribution >= 0.6 is 0 Å². The van der Waals surface area contributed by atoms with Crippen molar-refractivity contribution in [1.82, 2.24) is 14.7 Å². The Balaban J connectivity index is 1.81. The summed E-state index contributed by atoms with van der Waals surface area (Å²) in [5.41, 5.74) is 2.38. The van der Waals surface area contributed by atoms with Crippen LogP contribution in [0.3, 0.4) is 0 Å². The lowest BCUT2D eigenvalue weighted by Crippen LogP contribution is -2.56. The molecule has 1 fully saturated rings. The van der Waals surface area contributed by atoms with E-state index < -0.39 is 17.8 Å². The number of carbonyl (C=O) groups excluding carboxylic acids is 3. The molecule has 6 nitrogen and oxygen atoms in total. The largest absolute Gasteiger partial charge is 0.369 e. The molecule has 1 saturated heterocycles. The fourth-order valence-corrected chi connectivity index (χ4v) is 4.69. The predicted octanol–water partition coefficient (Wildman–Crippen LogP) is 7.08. The number of urea groups is 1. The number of nitrogens with zero attached hydrogens (tertiary/aromatic N) is 3. The second-order valence-corrected chi connectivity index (χ2v) is 10.1. The molecule has 6 heteroatoms. The summed E-state index contributed by atoms with van der Waals surface area (Å²) in [6, 6.07) is 19.9. The molecule has 3 rings (SSSR count). The third-order valence-corrected chi connectivity index (χ3v) is 6.90. The monoisotopic (exact) mass is 529 g/mol. The number of imide groups is 2. The van der Waals surface area contributed by atoms with Crippen molar-refractivity contribution in [2.75, 3.05) is 13.1 Å². The van der Waals surface area contributed by atoms with Gasteiger partial charge in [-0.3, -0.25) is 19.4 Å². The molecule has 2 aromatic rings. The molecule has 1 heterocycles. The molecule has 0 aromatic heterocycles. The Morgan fingerprint density at radius 1 is 0.641 bits per heavy atom. The molecule has 0 unspecified atom stereocenters. The van der Waals surface area contributed by atoms with Crippen molar-refractivity contribution in [1.29, 1.82) is 0 Å². The number of rotatable bonds is 16. The minimum Gasteiger partial charge on any atom is -0.369 e. The van der Waals surface area contributed by atoms with E-state index in [2.05, 4.69) is 43.0 Å². The lowest BCUT2D eigenvalue weighted by atomic mass is 10.1. The average molecular weight is 530 g/mol. The highest BCUT2D eigenvalue weighted by molar-refractivity contribution is 6.28. The number of barbiturate groups is 1. The van der Waals surface area contributed by atoms with Crippen LogP contribution < -0.4 is 0 Å². The first kappa shape index (κ1) is 29.9. The summed E-state index contributed by atoms with van der Waals surface area (Å²) in [6.45, 7) is 6.29. The first-order chi connectivity index (χ1) is 19.0. The molecule has 39 heavy (non-hydrogen) atoms. The summed E-state index contributed by atoms with van der Waals surface area (Å²) in [4.78, 5) is 44.5. The van der Waals surface area contributed by atoms with Crippen molar-refractivity contribution in [3.63, 3.8) is 0 Å². The molecule has 0 bridgehead atoms. The first-order valence-corrected chi connectivity index (χ1v) is 14.4. The van der Waals surface area contributed by atoms with Gasteiger partial charge >= 0.3 is 6.03 Å². The van der Waals surface area contributed by atoms with Gasteiger partial charge in [0, 0.05) is 26.2 Å². The SMILES string of the molecule is CCCCCCN1C(=O)C(=C/C=C/N(Cc2ccccc2)Cc2ccccc2)C(=O)N(CCCCCC)C1=O. The Kier molecular flexibility index (Phi) is 12.5. The molecule has 0 N–H and O–H groups in total. The van der Waals surface area contributed by atoms with Crippen LogP contribution in [0.4, 0.5) is 4.79 Å². The van der Waals surface area contributed by atoms with Gasteiger partial charge in [0.25, 0.3) is 11.8 Å². The van der Waals surface area contributed by atoms with Crippen LogP contribution in [-0.2, 0) is 22.7 Å². The molecule has 1 aliphatic heterocycles.